The van der Waals surface area contributed by atoms with Crippen LogP contribution in [0.15, 0.2) is 58.9 Å². The molecular formula is C20H17N5O5S. The third-order valence-corrected chi connectivity index (χ3v) is 4.69. The maximum absolute atomic E-state index is 13.0. The Bertz CT molecular complexity index is 1200. The van der Waals surface area contributed by atoms with Crippen LogP contribution >= 0.6 is 12.2 Å². The molecule has 1 amide bonds. The van der Waals surface area contributed by atoms with E-state index < -0.39 is 4.92 Å². The number of carbonyl (C=O) groups excluding carboxylic acids is 1. The summed E-state index contributed by atoms with van der Waals surface area (Å²) in [5.74, 6) is 1.17. The molecule has 0 unspecified atom stereocenters. The largest absolute Gasteiger partial charge is 0.492 e. The van der Waals surface area contributed by atoms with Crippen molar-refractivity contribution in [3.63, 3.8) is 0 Å². The van der Waals surface area contributed by atoms with Crippen LogP contribution in [0.3, 0.4) is 0 Å². The van der Waals surface area contributed by atoms with E-state index in [1.54, 1.807) is 36.4 Å². The number of hydrogen-bond acceptors (Lipinski definition) is 7. The van der Waals surface area contributed by atoms with Gasteiger partial charge < -0.3 is 14.5 Å². The number of nitro groups is 1. The standard InChI is InChI=1S/C20H17N5O5S/c1-2-29-18-6-4-3-5-17(18)24-19(26)16(22-20(24)31)9-14-7-8-15(30-14)12-23-11-13(10-21-23)25(27)28/h3-11H,2,12H2,1H3,(H,22,31)/b16-9+. The van der Waals surface area contributed by atoms with Gasteiger partial charge in [0.15, 0.2) is 5.11 Å². The average molecular weight is 439 g/mol. The number of benzene rings is 1. The number of nitrogens with zero attached hydrogens (tertiary/aromatic N) is 4. The molecule has 158 valence electrons. The summed E-state index contributed by atoms with van der Waals surface area (Å²) in [6.07, 6.45) is 4.03. The van der Waals surface area contributed by atoms with Gasteiger partial charge in [0.1, 0.15) is 35.4 Å². The molecule has 0 spiro atoms. The molecule has 0 radical (unpaired) electrons. The molecule has 0 aliphatic carbocycles. The van der Waals surface area contributed by atoms with Crippen molar-refractivity contribution in [1.82, 2.24) is 15.1 Å². The van der Waals surface area contributed by atoms with Crippen LogP contribution in [0, 0.1) is 10.1 Å². The van der Waals surface area contributed by atoms with Crippen molar-refractivity contribution in [1.29, 1.82) is 0 Å². The number of para-hydroxylation sites is 2. The second kappa shape index (κ2) is 8.40. The van der Waals surface area contributed by atoms with E-state index in [1.165, 1.54) is 22.0 Å². The molecule has 11 heteroatoms. The fourth-order valence-electron chi connectivity index (χ4n) is 3.07. The first-order chi connectivity index (χ1) is 15.0. The zero-order valence-electron chi connectivity index (χ0n) is 16.3. The third kappa shape index (κ3) is 4.16. The van der Waals surface area contributed by atoms with Crippen molar-refractivity contribution in [2.45, 2.75) is 13.5 Å². The highest BCUT2D eigenvalue weighted by molar-refractivity contribution is 7.80. The summed E-state index contributed by atoms with van der Waals surface area (Å²) >= 11 is 5.35. The molecule has 1 saturated heterocycles. The predicted octanol–water partition coefficient (Wildman–Crippen LogP) is 3.09. The summed E-state index contributed by atoms with van der Waals surface area (Å²) in [4.78, 5) is 24.6. The fraction of sp³-hybridized carbons (Fsp3) is 0.150. The number of hydrogen-bond donors (Lipinski definition) is 1. The van der Waals surface area contributed by atoms with Crippen LogP contribution in [0.25, 0.3) is 6.08 Å². The first-order valence-electron chi connectivity index (χ1n) is 9.30. The zero-order chi connectivity index (χ0) is 22.0. The highest BCUT2D eigenvalue weighted by Crippen LogP contribution is 2.31. The lowest BCUT2D eigenvalue weighted by Gasteiger charge is -2.17. The van der Waals surface area contributed by atoms with Crippen molar-refractivity contribution < 1.29 is 18.9 Å². The van der Waals surface area contributed by atoms with E-state index in [2.05, 4.69) is 10.4 Å². The number of carbonyl (C=O) groups is 1. The van der Waals surface area contributed by atoms with Gasteiger partial charge in [-0.15, -0.1) is 0 Å². The van der Waals surface area contributed by atoms with Crippen molar-refractivity contribution in [2.24, 2.45) is 0 Å². The van der Waals surface area contributed by atoms with E-state index in [0.29, 0.717) is 29.6 Å². The molecule has 0 atom stereocenters. The monoisotopic (exact) mass is 439 g/mol. The number of ether oxygens (including phenoxy) is 1. The highest BCUT2D eigenvalue weighted by Gasteiger charge is 2.34. The second-order valence-corrected chi connectivity index (χ2v) is 6.87. The molecule has 3 heterocycles. The number of aromatic nitrogens is 2. The Morgan fingerprint density at radius 2 is 2.13 bits per heavy atom. The van der Waals surface area contributed by atoms with Crippen LogP contribution in [-0.4, -0.2) is 32.3 Å². The second-order valence-electron chi connectivity index (χ2n) is 6.49. The minimum atomic E-state index is -0.517. The van der Waals surface area contributed by atoms with E-state index in [1.807, 2.05) is 13.0 Å². The predicted molar refractivity (Wildman–Crippen MR) is 115 cm³/mol. The Labute approximate surface area is 181 Å². The van der Waals surface area contributed by atoms with Crippen LogP contribution < -0.4 is 15.0 Å². The normalized spacial score (nSPS) is 14.9. The van der Waals surface area contributed by atoms with Gasteiger partial charge in [-0.3, -0.25) is 19.6 Å². The van der Waals surface area contributed by atoms with Gasteiger partial charge in [-0.05, 0) is 43.4 Å². The summed E-state index contributed by atoms with van der Waals surface area (Å²) in [5, 5.41) is 17.8. The maximum atomic E-state index is 13.0. The average Bonchev–Trinajstić information content (AvgIpc) is 3.44. The van der Waals surface area contributed by atoms with Crippen LogP contribution in [0.5, 0.6) is 5.75 Å². The summed E-state index contributed by atoms with van der Waals surface area (Å²) < 4.78 is 12.7. The van der Waals surface area contributed by atoms with Gasteiger partial charge in [0, 0.05) is 6.08 Å². The molecule has 1 fully saturated rings. The zero-order valence-corrected chi connectivity index (χ0v) is 17.2. The Kier molecular flexibility index (Phi) is 5.50. The van der Waals surface area contributed by atoms with Crippen molar-refractivity contribution in [3.05, 3.63) is 76.1 Å². The number of furan rings is 1. The lowest BCUT2D eigenvalue weighted by atomic mass is 10.2. The fourth-order valence-corrected chi connectivity index (χ4v) is 3.36. The van der Waals surface area contributed by atoms with Crippen molar-refractivity contribution >= 4 is 40.7 Å². The molecule has 0 bridgehead atoms. The lowest BCUT2D eigenvalue weighted by molar-refractivity contribution is -0.385. The molecule has 2 aromatic heterocycles. The van der Waals surface area contributed by atoms with E-state index in [-0.39, 0.29) is 28.9 Å². The van der Waals surface area contributed by atoms with E-state index in [9.17, 15) is 14.9 Å². The molecule has 1 aliphatic heterocycles. The van der Waals surface area contributed by atoms with E-state index >= 15 is 0 Å². The van der Waals surface area contributed by atoms with E-state index in [0.717, 1.165) is 0 Å². The summed E-state index contributed by atoms with van der Waals surface area (Å²) in [6, 6.07) is 10.5. The third-order valence-electron chi connectivity index (χ3n) is 4.40. The highest BCUT2D eigenvalue weighted by atomic mass is 32.1. The molecule has 10 nitrogen and oxygen atoms in total. The van der Waals surface area contributed by atoms with Crippen LogP contribution in [0.4, 0.5) is 11.4 Å². The molecule has 4 rings (SSSR count). The summed E-state index contributed by atoms with van der Waals surface area (Å²) in [7, 11) is 0. The molecule has 0 saturated carbocycles. The Morgan fingerprint density at radius 1 is 1.32 bits per heavy atom. The van der Waals surface area contributed by atoms with Gasteiger partial charge in [-0.2, -0.15) is 5.10 Å². The first-order valence-corrected chi connectivity index (χ1v) is 9.71. The molecule has 3 aromatic rings. The van der Waals surface area contributed by atoms with Crippen LogP contribution in [0.1, 0.15) is 18.4 Å². The lowest BCUT2D eigenvalue weighted by Crippen LogP contribution is -2.30. The molecule has 1 aliphatic rings. The maximum Gasteiger partial charge on any atom is 0.307 e. The molecule has 31 heavy (non-hydrogen) atoms. The Hall–Kier alpha value is -3.99. The van der Waals surface area contributed by atoms with Crippen LogP contribution in [-0.2, 0) is 11.3 Å². The van der Waals surface area contributed by atoms with E-state index in [4.69, 9.17) is 21.4 Å². The molecule has 1 aromatic carbocycles. The smallest absolute Gasteiger partial charge is 0.307 e. The first kappa shape index (κ1) is 20.3. The van der Waals surface area contributed by atoms with Gasteiger partial charge in [-0.1, -0.05) is 12.1 Å². The number of thiocarbonyl (C=S) groups is 1. The summed E-state index contributed by atoms with van der Waals surface area (Å²) in [5.41, 5.74) is 0.707. The number of nitrogens with one attached hydrogen (secondary N) is 1. The van der Waals surface area contributed by atoms with Gasteiger partial charge >= 0.3 is 5.69 Å². The molecule has 1 N–H and O–H groups in total. The Balaban J connectivity index is 1.53. The minimum absolute atomic E-state index is 0.101. The number of rotatable bonds is 7. The quantitative estimate of drug-likeness (QED) is 0.258. The topological polar surface area (TPSA) is 116 Å². The minimum Gasteiger partial charge on any atom is -0.492 e. The van der Waals surface area contributed by atoms with Gasteiger partial charge in [0.05, 0.1) is 23.8 Å². The van der Waals surface area contributed by atoms with Gasteiger partial charge in [0.25, 0.3) is 5.91 Å². The molecular weight excluding hydrogens is 422 g/mol. The van der Waals surface area contributed by atoms with Gasteiger partial charge in [-0.25, -0.2) is 4.90 Å². The Morgan fingerprint density at radius 3 is 2.87 bits per heavy atom. The summed E-state index contributed by atoms with van der Waals surface area (Å²) in [6.45, 7) is 2.53. The van der Waals surface area contributed by atoms with Crippen molar-refractivity contribution in [3.8, 4) is 5.75 Å². The number of anilines is 1. The van der Waals surface area contributed by atoms with Crippen LogP contribution in [0.2, 0.25) is 0 Å². The van der Waals surface area contributed by atoms with Crippen molar-refractivity contribution in [2.75, 3.05) is 11.5 Å². The van der Waals surface area contributed by atoms with Gasteiger partial charge in [0.2, 0.25) is 0 Å². The SMILES string of the molecule is CCOc1ccccc1N1C(=O)/C(=C\c2ccc(Cn3cc([N+](=O)[O-])cn3)o2)NC1=S. The number of amides is 1.